The van der Waals surface area contributed by atoms with E-state index in [0.717, 1.165) is 30.8 Å². The maximum Gasteiger partial charge on any atom is 0.193 e. The van der Waals surface area contributed by atoms with Crippen molar-refractivity contribution in [2.45, 2.75) is 38.0 Å². The molecule has 0 aliphatic carbocycles. The minimum atomic E-state index is 0.178. The highest BCUT2D eigenvalue weighted by Gasteiger charge is 2.26. The molecule has 82 valence electrons. The third-order valence-electron chi connectivity index (χ3n) is 2.63. The number of rotatable bonds is 4. The molecule has 2 heterocycles. The minimum Gasteiger partial charge on any atom is -0.291 e. The van der Waals surface area contributed by atoms with Crippen LogP contribution in [0.1, 0.15) is 36.7 Å². The quantitative estimate of drug-likeness (QED) is 0.736. The first-order chi connectivity index (χ1) is 7.33. The van der Waals surface area contributed by atoms with E-state index in [9.17, 15) is 4.79 Å². The van der Waals surface area contributed by atoms with Crippen LogP contribution in [0.15, 0.2) is 12.3 Å². The van der Waals surface area contributed by atoms with Gasteiger partial charge in [0.1, 0.15) is 5.69 Å². The number of carbonyl (C=O) groups excluding carboxylic acids is 1. The Morgan fingerprint density at radius 3 is 3.27 bits per heavy atom. The summed E-state index contributed by atoms with van der Waals surface area (Å²) in [6.07, 6.45) is 4.94. The summed E-state index contributed by atoms with van der Waals surface area (Å²) in [5.74, 6) is 1.39. The van der Waals surface area contributed by atoms with Gasteiger partial charge in [0, 0.05) is 12.7 Å². The zero-order chi connectivity index (χ0) is 10.7. The Kier molecular flexibility index (Phi) is 3.46. The molecule has 4 heteroatoms. The van der Waals surface area contributed by atoms with Crippen molar-refractivity contribution in [1.82, 2.24) is 9.78 Å². The number of thioether (sulfide) groups is 1. The van der Waals surface area contributed by atoms with Gasteiger partial charge in [-0.05, 0) is 31.1 Å². The van der Waals surface area contributed by atoms with E-state index in [0.29, 0.717) is 0 Å². The topological polar surface area (TPSA) is 34.9 Å². The molecule has 0 spiro atoms. The maximum atomic E-state index is 12.1. The number of ketones is 1. The van der Waals surface area contributed by atoms with Gasteiger partial charge in [0.25, 0.3) is 0 Å². The Morgan fingerprint density at radius 2 is 2.60 bits per heavy atom. The molecular weight excluding hydrogens is 208 g/mol. The molecule has 1 fully saturated rings. The Morgan fingerprint density at radius 1 is 1.73 bits per heavy atom. The van der Waals surface area contributed by atoms with Crippen LogP contribution in [0.25, 0.3) is 0 Å². The molecule has 0 amide bonds. The maximum absolute atomic E-state index is 12.1. The van der Waals surface area contributed by atoms with Crippen molar-refractivity contribution in [3.8, 4) is 0 Å². The van der Waals surface area contributed by atoms with Crippen LogP contribution in [0.4, 0.5) is 0 Å². The summed E-state index contributed by atoms with van der Waals surface area (Å²) >= 11 is 1.78. The van der Waals surface area contributed by atoms with Crippen LogP contribution in [0.5, 0.6) is 0 Å². The van der Waals surface area contributed by atoms with Crippen molar-refractivity contribution in [1.29, 1.82) is 0 Å². The number of carbonyl (C=O) groups is 1. The third kappa shape index (κ3) is 2.25. The Labute approximate surface area is 94.2 Å². The largest absolute Gasteiger partial charge is 0.291 e. The summed E-state index contributed by atoms with van der Waals surface area (Å²) in [6, 6.07) is 1.84. The molecule has 3 nitrogen and oxygen atoms in total. The third-order valence-corrected chi connectivity index (χ3v) is 4.00. The number of hydrogen-bond donors (Lipinski definition) is 0. The lowest BCUT2D eigenvalue weighted by molar-refractivity contribution is 0.0978. The first-order valence-electron chi connectivity index (χ1n) is 5.50. The smallest absolute Gasteiger partial charge is 0.193 e. The van der Waals surface area contributed by atoms with Gasteiger partial charge in [0.15, 0.2) is 5.78 Å². The summed E-state index contributed by atoms with van der Waals surface area (Å²) in [7, 11) is 0. The fourth-order valence-corrected chi connectivity index (χ4v) is 3.10. The van der Waals surface area contributed by atoms with Crippen LogP contribution in [-0.2, 0) is 6.54 Å². The predicted molar refractivity (Wildman–Crippen MR) is 62.3 cm³/mol. The Balaban J connectivity index is 2.13. The summed E-state index contributed by atoms with van der Waals surface area (Å²) in [4.78, 5) is 12.1. The van der Waals surface area contributed by atoms with Gasteiger partial charge in [-0.15, -0.1) is 0 Å². The monoisotopic (exact) mass is 224 g/mol. The van der Waals surface area contributed by atoms with Gasteiger partial charge in [-0.1, -0.05) is 6.92 Å². The van der Waals surface area contributed by atoms with Gasteiger partial charge >= 0.3 is 0 Å². The van der Waals surface area contributed by atoms with Crippen LogP contribution in [0.3, 0.4) is 0 Å². The molecule has 1 aliphatic rings. The standard InChI is InChI=1S/C11H16N2OS/c1-2-7-13-9(5-6-12-13)11(14)10-4-3-8-15-10/h5-6,10H,2-4,7-8H2,1H3. The first-order valence-corrected chi connectivity index (χ1v) is 6.55. The summed E-state index contributed by atoms with van der Waals surface area (Å²) < 4.78 is 1.83. The molecule has 1 unspecified atom stereocenters. The zero-order valence-electron chi connectivity index (χ0n) is 8.98. The normalized spacial score (nSPS) is 20.7. The van der Waals surface area contributed by atoms with E-state index < -0.39 is 0 Å². The minimum absolute atomic E-state index is 0.178. The number of nitrogens with zero attached hydrogens (tertiary/aromatic N) is 2. The Hall–Kier alpha value is -0.770. The number of aromatic nitrogens is 2. The van der Waals surface area contributed by atoms with Crippen LogP contribution < -0.4 is 0 Å². The zero-order valence-corrected chi connectivity index (χ0v) is 9.80. The first kappa shape index (κ1) is 10.7. The molecule has 2 rings (SSSR count). The SMILES string of the molecule is CCCn1nccc1C(=O)C1CCCS1. The number of hydrogen-bond acceptors (Lipinski definition) is 3. The number of Topliss-reactive ketones (excluding diaryl/α,β-unsaturated/α-hetero) is 1. The molecule has 0 bridgehead atoms. The van der Waals surface area contributed by atoms with E-state index in [-0.39, 0.29) is 11.0 Å². The molecule has 0 aromatic carbocycles. The van der Waals surface area contributed by atoms with Crippen LogP contribution in [0.2, 0.25) is 0 Å². The second kappa shape index (κ2) is 4.84. The van der Waals surface area contributed by atoms with Gasteiger partial charge in [0.05, 0.1) is 5.25 Å². The molecule has 1 aliphatic heterocycles. The molecule has 1 aromatic heterocycles. The molecule has 1 atom stereocenters. The van der Waals surface area contributed by atoms with E-state index >= 15 is 0 Å². The molecule has 0 N–H and O–H groups in total. The van der Waals surface area contributed by atoms with Crippen LogP contribution >= 0.6 is 11.8 Å². The fourth-order valence-electron chi connectivity index (χ4n) is 1.88. The lowest BCUT2D eigenvalue weighted by atomic mass is 10.1. The predicted octanol–water partition coefficient (Wildman–Crippen LogP) is 2.37. The highest BCUT2D eigenvalue weighted by atomic mass is 32.2. The highest BCUT2D eigenvalue weighted by molar-refractivity contribution is 8.00. The van der Waals surface area contributed by atoms with Gasteiger partial charge in [-0.3, -0.25) is 9.48 Å². The van der Waals surface area contributed by atoms with Crippen molar-refractivity contribution in [2.75, 3.05) is 5.75 Å². The van der Waals surface area contributed by atoms with Crippen LogP contribution in [-0.4, -0.2) is 26.6 Å². The molecule has 0 radical (unpaired) electrons. The molecule has 1 aromatic rings. The fraction of sp³-hybridized carbons (Fsp3) is 0.636. The van der Waals surface area contributed by atoms with Crippen molar-refractivity contribution >= 4 is 17.5 Å². The molecule has 15 heavy (non-hydrogen) atoms. The van der Waals surface area contributed by atoms with E-state index in [1.165, 1.54) is 6.42 Å². The van der Waals surface area contributed by atoms with E-state index in [1.54, 1.807) is 18.0 Å². The highest BCUT2D eigenvalue weighted by Crippen LogP contribution is 2.28. The van der Waals surface area contributed by atoms with Crippen molar-refractivity contribution < 1.29 is 4.79 Å². The summed E-state index contributed by atoms with van der Waals surface area (Å²) in [6.45, 7) is 2.94. The molecular formula is C11H16N2OS. The summed E-state index contributed by atoms with van der Waals surface area (Å²) in [5, 5.41) is 4.36. The molecule has 1 saturated heterocycles. The second-order valence-corrected chi connectivity index (χ2v) is 5.12. The summed E-state index contributed by atoms with van der Waals surface area (Å²) in [5.41, 5.74) is 0.788. The lowest BCUT2D eigenvalue weighted by Crippen LogP contribution is -2.19. The van der Waals surface area contributed by atoms with Crippen molar-refractivity contribution in [2.24, 2.45) is 0 Å². The average Bonchev–Trinajstić information content (AvgIpc) is 2.87. The van der Waals surface area contributed by atoms with Gasteiger partial charge in [-0.2, -0.15) is 16.9 Å². The van der Waals surface area contributed by atoms with Crippen molar-refractivity contribution in [3.63, 3.8) is 0 Å². The lowest BCUT2D eigenvalue weighted by Gasteiger charge is -2.09. The second-order valence-electron chi connectivity index (χ2n) is 3.81. The molecule has 0 saturated carbocycles. The van der Waals surface area contributed by atoms with E-state index in [4.69, 9.17) is 0 Å². The van der Waals surface area contributed by atoms with E-state index in [1.807, 2.05) is 10.7 Å². The van der Waals surface area contributed by atoms with Gasteiger partial charge < -0.3 is 0 Å². The number of aryl methyl sites for hydroxylation is 1. The Bertz CT molecular complexity index is 342. The van der Waals surface area contributed by atoms with Crippen LogP contribution in [0, 0.1) is 0 Å². The van der Waals surface area contributed by atoms with Gasteiger partial charge in [-0.25, -0.2) is 0 Å². The van der Waals surface area contributed by atoms with E-state index in [2.05, 4.69) is 12.0 Å². The van der Waals surface area contributed by atoms with Gasteiger partial charge in [0.2, 0.25) is 0 Å². The average molecular weight is 224 g/mol. The van der Waals surface area contributed by atoms with Crippen molar-refractivity contribution in [3.05, 3.63) is 18.0 Å².